The number of halogens is 1. The summed E-state index contributed by atoms with van der Waals surface area (Å²) in [7, 11) is 1.95. The van der Waals surface area contributed by atoms with Crippen molar-refractivity contribution in [3.63, 3.8) is 0 Å². The van der Waals surface area contributed by atoms with E-state index in [1.54, 1.807) is 12.3 Å². The van der Waals surface area contributed by atoms with E-state index in [1.807, 2.05) is 36.0 Å². The van der Waals surface area contributed by atoms with Crippen LogP contribution in [0.15, 0.2) is 36.7 Å². The predicted molar refractivity (Wildman–Crippen MR) is 67.9 cm³/mol. The van der Waals surface area contributed by atoms with E-state index >= 15 is 0 Å². The summed E-state index contributed by atoms with van der Waals surface area (Å²) in [4.78, 5) is 4.22. The Morgan fingerprint density at radius 3 is 2.82 bits per heavy atom. The minimum absolute atomic E-state index is 0.541. The topological polar surface area (TPSA) is 38.0 Å². The molecule has 0 saturated heterocycles. The molecule has 90 valence electrons. The molecule has 17 heavy (non-hydrogen) atoms. The van der Waals surface area contributed by atoms with Gasteiger partial charge in [0.2, 0.25) is 0 Å². The van der Waals surface area contributed by atoms with E-state index in [4.69, 9.17) is 11.6 Å². The number of rotatable bonds is 4. The number of nitrogens with zero attached hydrogens (tertiary/aromatic N) is 2. The third-order valence-corrected chi connectivity index (χ3v) is 3.17. The smallest absolute Gasteiger partial charge is 0.108 e. The molecule has 1 aromatic carbocycles. The first-order valence-electron chi connectivity index (χ1n) is 5.57. The Labute approximate surface area is 106 Å². The van der Waals surface area contributed by atoms with E-state index in [0.29, 0.717) is 11.4 Å². The quantitative estimate of drug-likeness (QED) is 0.906. The van der Waals surface area contributed by atoms with Crippen molar-refractivity contribution in [2.75, 3.05) is 0 Å². The SMILES string of the molecule is Cn1ccnc1CCC(O)c1ccccc1Cl. The Kier molecular flexibility index (Phi) is 3.82. The van der Waals surface area contributed by atoms with Gasteiger partial charge in [0.05, 0.1) is 6.10 Å². The van der Waals surface area contributed by atoms with Gasteiger partial charge in [-0.15, -0.1) is 0 Å². The second-order valence-electron chi connectivity index (χ2n) is 4.03. The number of imidazole rings is 1. The van der Waals surface area contributed by atoms with Crippen molar-refractivity contribution in [3.8, 4) is 0 Å². The molecule has 0 amide bonds. The summed E-state index contributed by atoms with van der Waals surface area (Å²) < 4.78 is 1.96. The molecule has 1 aromatic heterocycles. The van der Waals surface area contributed by atoms with Gasteiger partial charge in [-0.1, -0.05) is 29.8 Å². The number of hydrogen-bond donors (Lipinski definition) is 1. The summed E-state index contributed by atoms with van der Waals surface area (Å²) in [6, 6.07) is 7.38. The van der Waals surface area contributed by atoms with Crippen LogP contribution in [-0.2, 0) is 13.5 Å². The third kappa shape index (κ3) is 2.87. The van der Waals surface area contributed by atoms with Gasteiger partial charge in [-0.2, -0.15) is 0 Å². The van der Waals surface area contributed by atoms with Crippen molar-refractivity contribution in [2.45, 2.75) is 18.9 Å². The van der Waals surface area contributed by atoms with Crippen molar-refractivity contribution in [1.82, 2.24) is 9.55 Å². The fourth-order valence-electron chi connectivity index (χ4n) is 1.80. The van der Waals surface area contributed by atoms with Gasteiger partial charge in [0.15, 0.2) is 0 Å². The molecular formula is C13H15ClN2O. The highest BCUT2D eigenvalue weighted by Crippen LogP contribution is 2.25. The average Bonchev–Trinajstić information content (AvgIpc) is 2.72. The molecule has 0 aliphatic rings. The summed E-state index contributed by atoms with van der Waals surface area (Å²) in [5.74, 6) is 0.969. The van der Waals surface area contributed by atoms with Gasteiger partial charge in [-0.25, -0.2) is 4.98 Å². The van der Waals surface area contributed by atoms with Gasteiger partial charge < -0.3 is 9.67 Å². The van der Waals surface area contributed by atoms with Gasteiger partial charge >= 0.3 is 0 Å². The molecule has 2 aromatic rings. The van der Waals surface area contributed by atoms with Gasteiger partial charge in [-0.05, 0) is 18.1 Å². The maximum atomic E-state index is 10.1. The first-order valence-corrected chi connectivity index (χ1v) is 5.95. The van der Waals surface area contributed by atoms with Crippen LogP contribution in [-0.4, -0.2) is 14.7 Å². The molecule has 0 aliphatic heterocycles. The molecular weight excluding hydrogens is 236 g/mol. The molecule has 0 bridgehead atoms. The van der Waals surface area contributed by atoms with Crippen molar-refractivity contribution >= 4 is 11.6 Å². The van der Waals surface area contributed by atoms with E-state index in [2.05, 4.69) is 4.98 Å². The second kappa shape index (κ2) is 5.34. The zero-order valence-electron chi connectivity index (χ0n) is 9.68. The summed E-state index contributed by atoms with van der Waals surface area (Å²) in [5.41, 5.74) is 0.781. The minimum atomic E-state index is -0.541. The van der Waals surface area contributed by atoms with E-state index < -0.39 is 6.10 Å². The molecule has 4 heteroatoms. The molecule has 2 rings (SSSR count). The lowest BCUT2D eigenvalue weighted by Gasteiger charge is -2.12. The lowest BCUT2D eigenvalue weighted by molar-refractivity contribution is 0.167. The van der Waals surface area contributed by atoms with Crippen molar-refractivity contribution < 1.29 is 5.11 Å². The molecule has 1 unspecified atom stereocenters. The lowest BCUT2D eigenvalue weighted by atomic mass is 10.0. The van der Waals surface area contributed by atoms with E-state index in [-0.39, 0.29) is 0 Å². The standard InChI is InChI=1S/C13H15ClN2O/c1-16-9-8-15-13(16)7-6-12(17)10-4-2-3-5-11(10)14/h2-5,8-9,12,17H,6-7H2,1H3. The summed E-state index contributed by atoms with van der Waals surface area (Å²) in [6.07, 6.45) is 4.47. The Hall–Kier alpha value is -1.32. The highest BCUT2D eigenvalue weighted by atomic mass is 35.5. The van der Waals surface area contributed by atoms with Crippen LogP contribution in [0.25, 0.3) is 0 Å². The van der Waals surface area contributed by atoms with E-state index in [0.717, 1.165) is 17.8 Å². The Morgan fingerprint density at radius 2 is 2.18 bits per heavy atom. The van der Waals surface area contributed by atoms with Gasteiger partial charge in [0.25, 0.3) is 0 Å². The molecule has 1 N–H and O–H groups in total. The molecule has 1 heterocycles. The zero-order chi connectivity index (χ0) is 12.3. The number of aromatic nitrogens is 2. The van der Waals surface area contributed by atoms with Gasteiger partial charge in [0.1, 0.15) is 5.82 Å². The zero-order valence-corrected chi connectivity index (χ0v) is 10.4. The monoisotopic (exact) mass is 250 g/mol. The molecule has 0 radical (unpaired) electrons. The lowest BCUT2D eigenvalue weighted by Crippen LogP contribution is -2.04. The van der Waals surface area contributed by atoms with Crippen LogP contribution in [0.2, 0.25) is 5.02 Å². The fraction of sp³-hybridized carbons (Fsp3) is 0.308. The number of aryl methyl sites for hydroxylation is 2. The first-order chi connectivity index (χ1) is 8.18. The molecule has 0 spiro atoms. The molecule has 0 saturated carbocycles. The van der Waals surface area contributed by atoms with Crippen LogP contribution < -0.4 is 0 Å². The Morgan fingerprint density at radius 1 is 1.41 bits per heavy atom. The highest BCUT2D eigenvalue weighted by molar-refractivity contribution is 6.31. The third-order valence-electron chi connectivity index (χ3n) is 2.83. The first kappa shape index (κ1) is 12.1. The van der Waals surface area contributed by atoms with Crippen LogP contribution in [0.4, 0.5) is 0 Å². The highest BCUT2D eigenvalue weighted by Gasteiger charge is 2.12. The number of benzene rings is 1. The van der Waals surface area contributed by atoms with Crippen molar-refractivity contribution in [1.29, 1.82) is 0 Å². The van der Waals surface area contributed by atoms with Gasteiger partial charge in [-0.3, -0.25) is 0 Å². The van der Waals surface area contributed by atoms with Crippen LogP contribution in [0.5, 0.6) is 0 Å². The van der Waals surface area contributed by atoms with Crippen LogP contribution >= 0.6 is 11.6 Å². The van der Waals surface area contributed by atoms with E-state index in [1.165, 1.54) is 0 Å². The fourth-order valence-corrected chi connectivity index (χ4v) is 2.07. The van der Waals surface area contributed by atoms with Crippen LogP contribution in [0.1, 0.15) is 23.9 Å². The average molecular weight is 251 g/mol. The summed E-state index contributed by atoms with van der Waals surface area (Å²) in [5, 5.41) is 10.7. The molecule has 0 fully saturated rings. The van der Waals surface area contributed by atoms with Crippen LogP contribution in [0, 0.1) is 0 Å². The second-order valence-corrected chi connectivity index (χ2v) is 4.44. The van der Waals surface area contributed by atoms with Crippen molar-refractivity contribution in [3.05, 3.63) is 53.1 Å². The molecule has 3 nitrogen and oxygen atoms in total. The Balaban J connectivity index is 2.01. The molecule has 1 atom stereocenters. The number of hydrogen-bond acceptors (Lipinski definition) is 2. The van der Waals surface area contributed by atoms with Crippen molar-refractivity contribution in [2.24, 2.45) is 7.05 Å². The van der Waals surface area contributed by atoms with Gasteiger partial charge in [0, 0.05) is 30.9 Å². The predicted octanol–water partition coefficient (Wildman–Crippen LogP) is 2.74. The summed E-state index contributed by atoms with van der Waals surface area (Å²) in [6.45, 7) is 0. The van der Waals surface area contributed by atoms with Crippen LogP contribution in [0.3, 0.4) is 0 Å². The number of aliphatic hydroxyl groups is 1. The Bertz CT molecular complexity index is 496. The van der Waals surface area contributed by atoms with E-state index in [9.17, 15) is 5.11 Å². The number of aliphatic hydroxyl groups excluding tert-OH is 1. The maximum Gasteiger partial charge on any atom is 0.108 e. The normalized spacial score (nSPS) is 12.6. The maximum absolute atomic E-state index is 10.1. The summed E-state index contributed by atoms with van der Waals surface area (Å²) >= 11 is 6.03. The minimum Gasteiger partial charge on any atom is -0.388 e. The largest absolute Gasteiger partial charge is 0.388 e. The molecule has 0 aliphatic carbocycles.